The lowest BCUT2D eigenvalue weighted by Gasteiger charge is -2.23. The lowest BCUT2D eigenvalue weighted by Crippen LogP contribution is -2.29. The number of para-hydroxylation sites is 1. The van der Waals surface area contributed by atoms with Gasteiger partial charge in [-0.3, -0.25) is 14.5 Å². The normalized spacial score (nSPS) is 15.4. The van der Waals surface area contributed by atoms with Gasteiger partial charge >= 0.3 is 11.9 Å². The van der Waals surface area contributed by atoms with Gasteiger partial charge < -0.3 is 19.3 Å². The van der Waals surface area contributed by atoms with E-state index in [4.69, 9.17) is 14.2 Å². The van der Waals surface area contributed by atoms with E-state index in [9.17, 15) is 19.5 Å². The zero-order valence-corrected chi connectivity index (χ0v) is 27.3. The first-order valence-corrected chi connectivity index (χ1v) is 16.1. The monoisotopic (exact) mass is 660 g/mol. The van der Waals surface area contributed by atoms with Gasteiger partial charge in [-0.2, -0.15) is 0 Å². The number of aryl methyl sites for hydroxylation is 2. The smallest absolute Gasteiger partial charge is 0.350 e. The van der Waals surface area contributed by atoms with Crippen molar-refractivity contribution in [1.82, 2.24) is 4.98 Å². The molecule has 1 atom stereocenters. The Balaban J connectivity index is 1.43. The van der Waals surface area contributed by atoms with Crippen LogP contribution in [0.5, 0.6) is 17.2 Å². The Kier molecular flexibility index (Phi) is 9.36. The summed E-state index contributed by atoms with van der Waals surface area (Å²) in [6, 6.07) is 29.9. The van der Waals surface area contributed by atoms with E-state index in [2.05, 4.69) is 4.98 Å². The number of hydrogen-bond donors (Lipinski definition) is 1. The molecule has 5 aromatic rings. The quantitative estimate of drug-likeness (QED) is 0.0695. The van der Waals surface area contributed by atoms with Crippen LogP contribution < -0.4 is 14.4 Å². The van der Waals surface area contributed by atoms with Gasteiger partial charge in [0.15, 0.2) is 5.13 Å². The molecule has 2 heterocycles. The molecule has 0 spiro atoms. The third-order valence-corrected chi connectivity index (χ3v) is 8.89. The third-order valence-electron chi connectivity index (χ3n) is 7.75. The van der Waals surface area contributed by atoms with Crippen molar-refractivity contribution in [2.24, 2.45) is 0 Å². The predicted octanol–water partition coefficient (Wildman–Crippen LogP) is 7.93. The van der Waals surface area contributed by atoms with Crippen molar-refractivity contribution in [1.29, 1.82) is 0 Å². The number of amides is 1. The van der Waals surface area contributed by atoms with E-state index in [0.29, 0.717) is 46.2 Å². The number of aromatic nitrogens is 1. The molecule has 242 valence electrons. The van der Waals surface area contributed by atoms with Gasteiger partial charge in [0.1, 0.15) is 34.5 Å². The zero-order valence-electron chi connectivity index (χ0n) is 26.5. The maximum absolute atomic E-state index is 13.8. The fourth-order valence-corrected chi connectivity index (χ4v) is 6.45. The van der Waals surface area contributed by atoms with Crippen LogP contribution in [0.4, 0.5) is 5.13 Å². The number of carbonyl (C=O) groups is 3. The van der Waals surface area contributed by atoms with E-state index in [1.807, 2.05) is 60.7 Å². The fourth-order valence-electron chi connectivity index (χ4n) is 5.47. The van der Waals surface area contributed by atoms with Crippen LogP contribution in [-0.2, 0) is 20.9 Å². The van der Waals surface area contributed by atoms with Gasteiger partial charge in [-0.05, 0) is 79.9 Å². The number of anilines is 1. The van der Waals surface area contributed by atoms with Crippen LogP contribution in [0.25, 0.3) is 5.76 Å². The van der Waals surface area contributed by atoms with E-state index >= 15 is 0 Å². The first-order chi connectivity index (χ1) is 23.2. The molecule has 1 N–H and O–H groups in total. The molecular formula is C38H32N2O7S. The summed E-state index contributed by atoms with van der Waals surface area (Å²) in [4.78, 5) is 46.3. The summed E-state index contributed by atoms with van der Waals surface area (Å²) in [6.07, 6.45) is 0. The second-order valence-electron chi connectivity index (χ2n) is 11.0. The minimum absolute atomic E-state index is 0.122. The molecule has 1 aromatic heterocycles. The van der Waals surface area contributed by atoms with E-state index in [1.165, 1.54) is 4.90 Å². The van der Waals surface area contributed by atoms with Crippen molar-refractivity contribution >= 4 is 39.9 Å². The number of nitrogens with zero attached hydrogens (tertiary/aromatic N) is 2. The van der Waals surface area contributed by atoms with Crippen LogP contribution in [0.1, 0.15) is 50.6 Å². The van der Waals surface area contributed by atoms with Crippen molar-refractivity contribution in [2.75, 3.05) is 11.5 Å². The maximum atomic E-state index is 13.8. The maximum Gasteiger partial charge on any atom is 0.350 e. The van der Waals surface area contributed by atoms with Crippen LogP contribution in [0.2, 0.25) is 0 Å². The summed E-state index contributed by atoms with van der Waals surface area (Å²) in [5, 5.41) is 11.9. The van der Waals surface area contributed by atoms with E-state index in [0.717, 1.165) is 16.9 Å². The number of carbonyl (C=O) groups excluding carboxylic acids is 3. The highest BCUT2D eigenvalue weighted by molar-refractivity contribution is 7.17. The number of aliphatic hydroxyl groups is 1. The van der Waals surface area contributed by atoms with Crippen LogP contribution in [0.15, 0.2) is 109 Å². The second kappa shape index (κ2) is 13.9. The largest absolute Gasteiger partial charge is 0.507 e. The van der Waals surface area contributed by atoms with Crippen molar-refractivity contribution in [3.05, 3.63) is 142 Å². The topological polar surface area (TPSA) is 115 Å². The first-order valence-electron chi connectivity index (χ1n) is 15.3. The number of esters is 1. The standard InChI is InChI=1S/C38H32N2O7S/c1-4-45-37(44)35-24(3)39-38(48-35)40-32(26-14-11-17-29(21-26)47-27-15-9-6-10-16-27)31(34(42)36(40)43)33(41)30-19-18-28(20-23(30)2)46-22-25-12-7-5-8-13-25/h5-21,32,41H,4,22H2,1-3H3/t32-/m1/s1. The number of Topliss-reactive ketones (excluding diaryl/α,β-unsaturated/α-hetero) is 1. The lowest BCUT2D eigenvalue weighted by atomic mass is 9.94. The molecule has 0 unspecified atom stereocenters. The SMILES string of the molecule is CCOC(=O)c1sc(N2C(=O)C(=O)C(=C(O)c3ccc(OCc4ccccc4)cc3C)[C@H]2c2cccc(Oc3ccccc3)c2)nc1C. The van der Waals surface area contributed by atoms with Crippen LogP contribution >= 0.6 is 11.3 Å². The average molecular weight is 661 g/mol. The van der Waals surface area contributed by atoms with E-state index in [-0.39, 0.29) is 27.9 Å². The van der Waals surface area contributed by atoms with Crippen molar-refractivity contribution in [3.8, 4) is 17.2 Å². The van der Waals surface area contributed by atoms with Gasteiger partial charge in [-0.15, -0.1) is 0 Å². The fraction of sp³-hybridized carbons (Fsp3) is 0.158. The minimum atomic E-state index is -1.08. The molecule has 0 saturated carbocycles. The molecule has 48 heavy (non-hydrogen) atoms. The van der Waals surface area contributed by atoms with Crippen LogP contribution in [0, 0.1) is 13.8 Å². The molecule has 0 bridgehead atoms. The van der Waals surface area contributed by atoms with E-state index in [1.54, 1.807) is 63.2 Å². The van der Waals surface area contributed by atoms with Gasteiger partial charge in [0.2, 0.25) is 0 Å². The minimum Gasteiger partial charge on any atom is -0.507 e. The molecule has 0 aliphatic carbocycles. The number of rotatable bonds is 10. The Morgan fingerprint density at radius 2 is 1.58 bits per heavy atom. The molecular weight excluding hydrogens is 628 g/mol. The summed E-state index contributed by atoms with van der Waals surface area (Å²) < 4.78 is 17.2. The molecule has 1 aliphatic rings. The highest BCUT2D eigenvalue weighted by Crippen LogP contribution is 2.45. The summed E-state index contributed by atoms with van der Waals surface area (Å²) in [6.45, 7) is 5.65. The summed E-state index contributed by atoms with van der Waals surface area (Å²) in [5.74, 6) is -1.05. The van der Waals surface area contributed by atoms with Crippen molar-refractivity contribution < 1.29 is 33.7 Å². The third kappa shape index (κ3) is 6.56. The van der Waals surface area contributed by atoms with Crippen LogP contribution in [0.3, 0.4) is 0 Å². The molecule has 1 aliphatic heterocycles. The molecule has 1 fully saturated rings. The Bertz CT molecular complexity index is 2020. The van der Waals surface area contributed by atoms with Gasteiger partial charge in [0, 0.05) is 5.56 Å². The summed E-state index contributed by atoms with van der Waals surface area (Å²) in [7, 11) is 0. The van der Waals surface area contributed by atoms with Crippen molar-refractivity contribution in [3.63, 3.8) is 0 Å². The molecule has 1 amide bonds. The van der Waals surface area contributed by atoms with E-state index < -0.39 is 23.7 Å². The second-order valence-corrected chi connectivity index (χ2v) is 12.0. The zero-order chi connectivity index (χ0) is 33.8. The molecule has 6 rings (SSSR count). The predicted molar refractivity (Wildman–Crippen MR) is 183 cm³/mol. The highest BCUT2D eigenvalue weighted by atomic mass is 32.1. The Morgan fingerprint density at radius 3 is 2.29 bits per heavy atom. The van der Waals surface area contributed by atoms with Crippen molar-refractivity contribution in [2.45, 2.75) is 33.4 Å². The Morgan fingerprint density at radius 1 is 0.875 bits per heavy atom. The van der Waals surface area contributed by atoms with Gasteiger partial charge in [-0.1, -0.05) is 72.0 Å². The van der Waals surface area contributed by atoms with Gasteiger partial charge in [0.05, 0.1) is 23.9 Å². The molecule has 10 heteroatoms. The van der Waals surface area contributed by atoms with Crippen LogP contribution in [-0.4, -0.2) is 34.4 Å². The Labute approximate surface area is 281 Å². The molecule has 1 saturated heterocycles. The number of benzene rings is 4. The highest BCUT2D eigenvalue weighted by Gasteiger charge is 2.48. The number of thiazole rings is 1. The van der Waals surface area contributed by atoms with Gasteiger partial charge in [-0.25, -0.2) is 9.78 Å². The van der Waals surface area contributed by atoms with Gasteiger partial charge in [0.25, 0.3) is 5.78 Å². The molecule has 9 nitrogen and oxygen atoms in total. The number of hydrogen-bond acceptors (Lipinski definition) is 9. The number of ketones is 1. The number of aliphatic hydroxyl groups excluding tert-OH is 1. The molecule has 0 radical (unpaired) electrons. The summed E-state index contributed by atoms with van der Waals surface area (Å²) >= 11 is 0.949. The number of ether oxygens (including phenoxy) is 3. The lowest BCUT2D eigenvalue weighted by molar-refractivity contribution is -0.132. The molecule has 4 aromatic carbocycles. The Hall–Kier alpha value is -5.74. The summed E-state index contributed by atoms with van der Waals surface area (Å²) in [5.41, 5.74) is 2.74. The first kappa shape index (κ1) is 32.2. The average Bonchev–Trinajstić information content (AvgIpc) is 3.60.